The van der Waals surface area contributed by atoms with Gasteiger partial charge in [-0.25, -0.2) is 9.37 Å². The summed E-state index contributed by atoms with van der Waals surface area (Å²) in [6.07, 6.45) is 3.47. The zero-order valence-corrected chi connectivity index (χ0v) is 12.8. The Bertz CT molecular complexity index is 622. The molecule has 20 heavy (non-hydrogen) atoms. The lowest BCUT2D eigenvalue weighted by Gasteiger charge is -2.00. The van der Waals surface area contributed by atoms with Crippen LogP contribution in [0.4, 0.5) is 4.39 Å². The van der Waals surface area contributed by atoms with Crippen LogP contribution in [0.5, 0.6) is 0 Å². The molecule has 1 aromatic heterocycles. The van der Waals surface area contributed by atoms with Gasteiger partial charge in [0.05, 0.1) is 10.7 Å². The number of nitrogens with zero attached hydrogens (tertiary/aromatic N) is 1. The summed E-state index contributed by atoms with van der Waals surface area (Å²) in [6, 6.07) is 5.46. The second kappa shape index (κ2) is 5.80. The van der Waals surface area contributed by atoms with Crippen LogP contribution < -0.4 is 5.32 Å². The average Bonchev–Trinajstić information content (AvgIpc) is 3.18. The van der Waals surface area contributed by atoms with E-state index in [-0.39, 0.29) is 5.02 Å². The molecule has 0 unspecified atom stereocenters. The minimum absolute atomic E-state index is 0.147. The zero-order chi connectivity index (χ0) is 14.1. The molecule has 1 heterocycles. The fourth-order valence-corrected chi connectivity index (χ4v) is 3.35. The smallest absolute Gasteiger partial charge is 0.141 e. The standard InChI is InChI=1S/C15H16ClFN2S/c1-2-13-14(8-18-10-4-5-10)20-15(19-13)9-3-6-12(17)11(16)7-9/h3,6-7,10,18H,2,4-5,8H2,1H3. The van der Waals surface area contributed by atoms with Crippen molar-refractivity contribution in [1.82, 2.24) is 10.3 Å². The lowest BCUT2D eigenvalue weighted by Crippen LogP contribution is -2.15. The molecule has 1 aliphatic carbocycles. The molecular weight excluding hydrogens is 295 g/mol. The summed E-state index contributed by atoms with van der Waals surface area (Å²) in [5.74, 6) is -0.390. The van der Waals surface area contributed by atoms with Gasteiger partial charge in [-0.15, -0.1) is 11.3 Å². The maximum absolute atomic E-state index is 13.2. The molecule has 3 rings (SSSR count). The maximum atomic E-state index is 13.2. The van der Waals surface area contributed by atoms with Crippen molar-refractivity contribution in [3.05, 3.63) is 39.6 Å². The van der Waals surface area contributed by atoms with Crippen LogP contribution in [0.3, 0.4) is 0 Å². The Balaban J connectivity index is 1.86. The highest BCUT2D eigenvalue weighted by atomic mass is 35.5. The number of hydrogen-bond donors (Lipinski definition) is 1. The number of benzene rings is 1. The van der Waals surface area contributed by atoms with Crippen LogP contribution in [-0.2, 0) is 13.0 Å². The number of nitrogens with one attached hydrogen (secondary N) is 1. The summed E-state index contributed by atoms with van der Waals surface area (Å²) in [4.78, 5) is 5.94. The molecule has 1 N–H and O–H groups in total. The van der Waals surface area contributed by atoms with Gasteiger partial charge in [-0.1, -0.05) is 18.5 Å². The Hall–Kier alpha value is -0.970. The van der Waals surface area contributed by atoms with Crippen LogP contribution in [-0.4, -0.2) is 11.0 Å². The topological polar surface area (TPSA) is 24.9 Å². The summed E-state index contributed by atoms with van der Waals surface area (Å²) >= 11 is 7.51. The van der Waals surface area contributed by atoms with Crippen LogP contribution in [0.2, 0.25) is 5.02 Å². The van der Waals surface area contributed by atoms with Gasteiger partial charge in [0, 0.05) is 23.0 Å². The summed E-state index contributed by atoms with van der Waals surface area (Å²) in [7, 11) is 0. The average molecular weight is 311 g/mol. The van der Waals surface area contributed by atoms with E-state index in [1.807, 2.05) is 0 Å². The third kappa shape index (κ3) is 3.03. The fourth-order valence-electron chi connectivity index (χ4n) is 2.07. The van der Waals surface area contributed by atoms with Gasteiger partial charge in [-0.3, -0.25) is 0 Å². The third-order valence-corrected chi connectivity index (χ3v) is 4.84. The van der Waals surface area contributed by atoms with Crippen molar-refractivity contribution < 1.29 is 4.39 Å². The van der Waals surface area contributed by atoms with Crippen molar-refractivity contribution in [3.8, 4) is 10.6 Å². The van der Waals surface area contributed by atoms with Gasteiger partial charge in [-0.2, -0.15) is 0 Å². The second-order valence-electron chi connectivity index (χ2n) is 5.03. The molecule has 0 bridgehead atoms. The Labute approximate surface area is 127 Å². The Morgan fingerprint density at radius 2 is 2.25 bits per heavy atom. The fraction of sp³-hybridized carbons (Fsp3) is 0.400. The third-order valence-electron chi connectivity index (χ3n) is 3.41. The molecule has 2 nitrogen and oxygen atoms in total. The first-order valence-electron chi connectivity index (χ1n) is 6.84. The number of aryl methyl sites for hydroxylation is 1. The van der Waals surface area contributed by atoms with Gasteiger partial charge in [0.25, 0.3) is 0 Å². The molecule has 0 saturated heterocycles. The largest absolute Gasteiger partial charge is 0.309 e. The van der Waals surface area contributed by atoms with E-state index >= 15 is 0 Å². The minimum Gasteiger partial charge on any atom is -0.309 e. The summed E-state index contributed by atoms with van der Waals surface area (Å²) in [5, 5.41) is 4.58. The van der Waals surface area contributed by atoms with Gasteiger partial charge < -0.3 is 5.32 Å². The minimum atomic E-state index is -0.390. The van der Waals surface area contributed by atoms with E-state index in [1.54, 1.807) is 23.5 Å². The van der Waals surface area contributed by atoms with Crippen molar-refractivity contribution in [2.24, 2.45) is 0 Å². The van der Waals surface area contributed by atoms with Crippen LogP contribution in [0, 0.1) is 5.82 Å². The van der Waals surface area contributed by atoms with Crippen molar-refractivity contribution >= 4 is 22.9 Å². The molecule has 0 amide bonds. The van der Waals surface area contributed by atoms with Gasteiger partial charge in [0.1, 0.15) is 10.8 Å². The molecule has 0 aliphatic heterocycles. The Kier molecular flexibility index (Phi) is 4.06. The number of rotatable bonds is 5. The summed E-state index contributed by atoms with van der Waals surface area (Å²) in [5.41, 5.74) is 2.01. The van der Waals surface area contributed by atoms with Crippen molar-refractivity contribution in [2.45, 2.75) is 38.8 Å². The Morgan fingerprint density at radius 3 is 2.90 bits per heavy atom. The van der Waals surface area contributed by atoms with E-state index in [9.17, 15) is 4.39 Å². The lowest BCUT2D eigenvalue weighted by molar-refractivity contribution is 0.628. The summed E-state index contributed by atoms with van der Waals surface area (Å²) < 4.78 is 13.2. The molecule has 1 fully saturated rings. The van der Waals surface area contributed by atoms with E-state index in [0.29, 0.717) is 6.04 Å². The van der Waals surface area contributed by atoms with E-state index in [4.69, 9.17) is 11.6 Å². The molecule has 0 radical (unpaired) electrons. The molecule has 0 spiro atoms. The molecule has 2 aromatic rings. The highest BCUT2D eigenvalue weighted by molar-refractivity contribution is 7.15. The normalized spacial score (nSPS) is 14.8. The number of hydrogen-bond acceptors (Lipinski definition) is 3. The van der Waals surface area contributed by atoms with Crippen molar-refractivity contribution in [2.75, 3.05) is 0 Å². The highest BCUT2D eigenvalue weighted by Crippen LogP contribution is 2.31. The molecule has 1 saturated carbocycles. The summed E-state index contributed by atoms with van der Waals surface area (Å²) in [6.45, 7) is 2.98. The number of halogens is 2. The molecule has 0 atom stereocenters. The van der Waals surface area contributed by atoms with Crippen LogP contribution in [0.1, 0.15) is 30.3 Å². The maximum Gasteiger partial charge on any atom is 0.141 e. The van der Waals surface area contributed by atoms with Crippen molar-refractivity contribution in [1.29, 1.82) is 0 Å². The van der Waals surface area contributed by atoms with Crippen LogP contribution >= 0.6 is 22.9 Å². The monoisotopic (exact) mass is 310 g/mol. The molecule has 106 valence electrons. The highest BCUT2D eigenvalue weighted by Gasteiger charge is 2.21. The first-order valence-corrected chi connectivity index (χ1v) is 8.04. The van der Waals surface area contributed by atoms with Crippen LogP contribution in [0.15, 0.2) is 18.2 Å². The molecule has 5 heteroatoms. The quantitative estimate of drug-likeness (QED) is 0.884. The first kappa shape index (κ1) is 14.0. The Morgan fingerprint density at radius 1 is 1.45 bits per heavy atom. The van der Waals surface area contributed by atoms with Gasteiger partial charge in [0.2, 0.25) is 0 Å². The molecule has 1 aliphatic rings. The van der Waals surface area contributed by atoms with Gasteiger partial charge >= 0.3 is 0 Å². The van der Waals surface area contributed by atoms with E-state index in [2.05, 4.69) is 17.2 Å². The van der Waals surface area contributed by atoms with E-state index in [1.165, 1.54) is 23.8 Å². The molecular formula is C15H16ClFN2S. The first-order chi connectivity index (χ1) is 9.67. The SMILES string of the molecule is CCc1nc(-c2ccc(F)c(Cl)c2)sc1CNC1CC1. The van der Waals surface area contributed by atoms with Crippen LogP contribution in [0.25, 0.3) is 10.6 Å². The molecule has 1 aromatic carbocycles. The number of aromatic nitrogens is 1. The second-order valence-corrected chi connectivity index (χ2v) is 6.52. The lowest BCUT2D eigenvalue weighted by atomic mass is 10.2. The number of thiazole rings is 1. The van der Waals surface area contributed by atoms with E-state index in [0.717, 1.165) is 29.2 Å². The van der Waals surface area contributed by atoms with Gasteiger partial charge in [-0.05, 0) is 37.5 Å². The van der Waals surface area contributed by atoms with E-state index < -0.39 is 5.82 Å². The van der Waals surface area contributed by atoms with Crippen molar-refractivity contribution in [3.63, 3.8) is 0 Å². The predicted molar refractivity (Wildman–Crippen MR) is 81.8 cm³/mol. The van der Waals surface area contributed by atoms with Gasteiger partial charge in [0.15, 0.2) is 0 Å². The predicted octanol–water partition coefficient (Wildman–Crippen LogP) is 4.42. The zero-order valence-electron chi connectivity index (χ0n) is 11.2.